The van der Waals surface area contributed by atoms with Crippen molar-refractivity contribution in [1.29, 1.82) is 0 Å². The predicted molar refractivity (Wildman–Crippen MR) is 55.9 cm³/mol. The highest BCUT2D eigenvalue weighted by atomic mass is 79.9. The van der Waals surface area contributed by atoms with E-state index in [2.05, 4.69) is 15.9 Å². The van der Waals surface area contributed by atoms with E-state index in [-0.39, 0.29) is 11.4 Å². The van der Waals surface area contributed by atoms with E-state index >= 15 is 0 Å². The summed E-state index contributed by atoms with van der Waals surface area (Å²) >= 11 is 3.52. The summed E-state index contributed by atoms with van der Waals surface area (Å²) in [6.07, 6.45) is 6.72. The van der Waals surface area contributed by atoms with E-state index in [4.69, 9.17) is 4.74 Å². The van der Waals surface area contributed by atoms with Crippen molar-refractivity contribution in [1.82, 2.24) is 0 Å². The fourth-order valence-corrected chi connectivity index (χ4v) is 2.80. The maximum absolute atomic E-state index is 11.2. The van der Waals surface area contributed by atoms with Crippen molar-refractivity contribution in [2.24, 2.45) is 5.41 Å². The molecule has 0 amide bonds. The molecule has 3 heteroatoms. The van der Waals surface area contributed by atoms with E-state index in [9.17, 15) is 4.79 Å². The number of methoxy groups -OCH3 is 1. The van der Waals surface area contributed by atoms with Crippen LogP contribution in [0.4, 0.5) is 0 Å². The van der Waals surface area contributed by atoms with Crippen molar-refractivity contribution >= 4 is 21.9 Å². The number of carbonyl (C=O) groups excluding carboxylic acids is 1. The van der Waals surface area contributed by atoms with Crippen LogP contribution in [0.15, 0.2) is 0 Å². The largest absolute Gasteiger partial charge is 0.469 e. The lowest BCUT2D eigenvalue weighted by Gasteiger charge is -2.34. The van der Waals surface area contributed by atoms with Crippen LogP contribution in [0.2, 0.25) is 0 Å². The summed E-state index contributed by atoms with van der Waals surface area (Å²) in [6.45, 7) is 0. The fourth-order valence-electron chi connectivity index (χ4n) is 2.04. The topological polar surface area (TPSA) is 26.3 Å². The van der Waals surface area contributed by atoms with Gasteiger partial charge in [-0.3, -0.25) is 4.79 Å². The molecule has 1 aliphatic carbocycles. The molecule has 2 nitrogen and oxygen atoms in total. The smallest absolute Gasteiger partial charge is 0.306 e. The second-order valence-electron chi connectivity index (χ2n) is 3.95. The van der Waals surface area contributed by atoms with Crippen LogP contribution in [0.3, 0.4) is 0 Å². The number of hydrogen-bond donors (Lipinski definition) is 0. The Labute approximate surface area is 88.2 Å². The molecular weight excluding hydrogens is 232 g/mol. The molecule has 0 saturated heterocycles. The van der Waals surface area contributed by atoms with Crippen molar-refractivity contribution in [2.75, 3.05) is 12.4 Å². The molecule has 0 atom stereocenters. The molecular formula is C10H17BrO2. The van der Waals surface area contributed by atoms with E-state index in [1.165, 1.54) is 26.4 Å². The predicted octanol–water partition coefficient (Wildman–Crippen LogP) is 2.89. The van der Waals surface area contributed by atoms with Gasteiger partial charge in [0.15, 0.2) is 0 Å². The molecule has 0 heterocycles. The molecule has 1 fully saturated rings. The first-order valence-corrected chi connectivity index (χ1v) is 5.97. The average molecular weight is 249 g/mol. The second-order valence-corrected chi connectivity index (χ2v) is 4.51. The first-order chi connectivity index (χ1) is 6.22. The maximum Gasteiger partial charge on any atom is 0.306 e. The number of rotatable bonds is 3. The average Bonchev–Trinajstić information content (AvgIpc) is 2.19. The molecule has 1 saturated carbocycles. The van der Waals surface area contributed by atoms with Crippen LogP contribution in [0.1, 0.15) is 38.5 Å². The lowest BCUT2D eigenvalue weighted by atomic mass is 9.73. The van der Waals surface area contributed by atoms with Crippen LogP contribution in [0.25, 0.3) is 0 Å². The molecule has 13 heavy (non-hydrogen) atoms. The van der Waals surface area contributed by atoms with Crippen LogP contribution in [-0.2, 0) is 9.53 Å². The highest BCUT2D eigenvalue weighted by molar-refractivity contribution is 9.09. The molecule has 0 aromatic carbocycles. The van der Waals surface area contributed by atoms with Crippen molar-refractivity contribution in [3.05, 3.63) is 0 Å². The Morgan fingerprint density at radius 1 is 1.38 bits per heavy atom. The lowest BCUT2D eigenvalue weighted by Crippen LogP contribution is -2.29. The van der Waals surface area contributed by atoms with Crippen LogP contribution in [0.5, 0.6) is 0 Å². The first-order valence-electron chi connectivity index (χ1n) is 4.85. The Bertz CT molecular complexity index is 174. The first kappa shape index (κ1) is 11.0. The second kappa shape index (κ2) is 4.99. The normalized spacial score (nSPS) is 21.1. The van der Waals surface area contributed by atoms with Crippen LogP contribution >= 0.6 is 15.9 Å². The van der Waals surface area contributed by atoms with Gasteiger partial charge < -0.3 is 4.74 Å². The maximum atomic E-state index is 11.2. The minimum Gasteiger partial charge on any atom is -0.469 e. The third kappa shape index (κ3) is 2.97. The Hall–Kier alpha value is -0.0500. The summed E-state index contributed by atoms with van der Waals surface area (Å²) < 4.78 is 4.72. The van der Waals surface area contributed by atoms with Crippen molar-refractivity contribution in [3.8, 4) is 0 Å². The lowest BCUT2D eigenvalue weighted by molar-refractivity contribution is -0.143. The van der Waals surface area contributed by atoms with Crippen LogP contribution in [0, 0.1) is 5.41 Å². The molecule has 76 valence electrons. The summed E-state index contributed by atoms with van der Waals surface area (Å²) in [5.41, 5.74) is 0.186. The van der Waals surface area contributed by atoms with E-state index in [0.29, 0.717) is 6.42 Å². The van der Waals surface area contributed by atoms with Gasteiger partial charge in [-0.2, -0.15) is 0 Å². The molecule has 0 aliphatic heterocycles. The zero-order valence-electron chi connectivity index (χ0n) is 8.14. The van der Waals surface area contributed by atoms with Gasteiger partial charge in [-0.1, -0.05) is 35.2 Å². The number of hydrogen-bond acceptors (Lipinski definition) is 2. The molecule has 1 rings (SSSR count). The van der Waals surface area contributed by atoms with Gasteiger partial charge in [0.2, 0.25) is 0 Å². The summed E-state index contributed by atoms with van der Waals surface area (Å²) in [5, 5.41) is 0.926. The number of halogens is 1. The Morgan fingerprint density at radius 2 is 2.00 bits per heavy atom. The fraction of sp³-hybridized carbons (Fsp3) is 0.900. The number of carbonyl (C=O) groups is 1. The highest BCUT2D eigenvalue weighted by Crippen LogP contribution is 2.40. The quantitative estimate of drug-likeness (QED) is 0.567. The molecule has 0 spiro atoms. The van der Waals surface area contributed by atoms with Gasteiger partial charge >= 0.3 is 5.97 Å². The number of esters is 1. The summed E-state index contributed by atoms with van der Waals surface area (Å²) in [4.78, 5) is 11.2. The number of alkyl halides is 1. The number of ether oxygens (including phenoxy) is 1. The standard InChI is InChI=1S/C10H17BrO2/c1-13-9(12)7-10(8-11)5-3-2-4-6-10/h2-8H2,1H3. The summed E-state index contributed by atoms with van der Waals surface area (Å²) in [6, 6.07) is 0. The van der Waals surface area contributed by atoms with Gasteiger partial charge in [0.05, 0.1) is 13.5 Å². The highest BCUT2D eigenvalue weighted by Gasteiger charge is 2.33. The minimum absolute atomic E-state index is 0.0682. The van der Waals surface area contributed by atoms with Crippen LogP contribution < -0.4 is 0 Å². The molecule has 0 radical (unpaired) electrons. The summed E-state index contributed by atoms with van der Waals surface area (Å²) in [5.74, 6) is -0.0682. The summed E-state index contributed by atoms with van der Waals surface area (Å²) in [7, 11) is 1.47. The molecule has 0 N–H and O–H groups in total. The van der Waals surface area contributed by atoms with E-state index < -0.39 is 0 Å². The molecule has 0 unspecified atom stereocenters. The van der Waals surface area contributed by atoms with E-state index in [1.54, 1.807) is 0 Å². The van der Waals surface area contributed by atoms with Gasteiger partial charge in [0, 0.05) is 5.33 Å². The molecule has 0 aromatic heterocycles. The van der Waals surface area contributed by atoms with Gasteiger partial charge in [0.1, 0.15) is 0 Å². The Balaban J connectivity index is 2.52. The SMILES string of the molecule is COC(=O)CC1(CBr)CCCCC1. The third-order valence-corrected chi connectivity index (χ3v) is 4.13. The van der Waals surface area contributed by atoms with Gasteiger partial charge in [-0.15, -0.1) is 0 Å². The Morgan fingerprint density at radius 3 is 2.46 bits per heavy atom. The van der Waals surface area contributed by atoms with Crippen molar-refractivity contribution in [2.45, 2.75) is 38.5 Å². The zero-order chi connectivity index (χ0) is 9.73. The van der Waals surface area contributed by atoms with Crippen molar-refractivity contribution in [3.63, 3.8) is 0 Å². The third-order valence-electron chi connectivity index (χ3n) is 2.94. The van der Waals surface area contributed by atoms with Gasteiger partial charge in [-0.05, 0) is 18.3 Å². The zero-order valence-corrected chi connectivity index (χ0v) is 9.73. The van der Waals surface area contributed by atoms with Gasteiger partial charge in [0.25, 0.3) is 0 Å². The van der Waals surface area contributed by atoms with E-state index in [1.807, 2.05) is 0 Å². The van der Waals surface area contributed by atoms with Crippen molar-refractivity contribution < 1.29 is 9.53 Å². The minimum atomic E-state index is -0.0682. The van der Waals surface area contributed by atoms with E-state index in [0.717, 1.165) is 18.2 Å². The van der Waals surface area contributed by atoms with Gasteiger partial charge in [-0.25, -0.2) is 0 Å². The molecule has 0 aromatic rings. The van der Waals surface area contributed by atoms with Crippen LogP contribution in [-0.4, -0.2) is 18.4 Å². The molecule has 1 aliphatic rings. The Kier molecular flexibility index (Phi) is 4.23. The monoisotopic (exact) mass is 248 g/mol. The molecule has 0 bridgehead atoms.